The Labute approximate surface area is 823 Å². The van der Waals surface area contributed by atoms with Crippen molar-refractivity contribution in [1.29, 1.82) is 0 Å². The van der Waals surface area contributed by atoms with E-state index < -0.39 is 0 Å². The molecule has 0 atom stereocenters. The van der Waals surface area contributed by atoms with E-state index >= 15 is 0 Å². The fourth-order valence-electron chi connectivity index (χ4n) is 24.5. The van der Waals surface area contributed by atoms with Crippen LogP contribution in [0.2, 0.25) is 0 Å². The van der Waals surface area contributed by atoms with Gasteiger partial charge in [-0.3, -0.25) is 0 Å². The van der Waals surface area contributed by atoms with Gasteiger partial charge in [0.25, 0.3) is 0 Å². The molecule has 26 aromatic carbocycles. The molecular formula is C139H87NO3. The predicted molar refractivity (Wildman–Crippen MR) is 606 cm³/mol. The van der Waals surface area contributed by atoms with Gasteiger partial charge in [-0.05, 0) is 270 Å². The van der Waals surface area contributed by atoms with Gasteiger partial charge in [0.2, 0.25) is 0 Å². The first-order valence-corrected chi connectivity index (χ1v) is 49.5. The summed E-state index contributed by atoms with van der Waals surface area (Å²) in [6, 6.07) is 179. The molecule has 31 rings (SSSR count). The number of furan rings is 3. The maximum Gasteiger partial charge on any atom is 0.160 e. The molecule has 30 aromatic rings. The topological polar surface area (TPSA) is 44.4 Å². The molecule has 0 unspecified atom stereocenters. The third kappa shape index (κ3) is 12.7. The average Bonchev–Trinajstić information content (AvgIpc) is 1.56. The Bertz CT molecular complexity index is 10400. The van der Waals surface area contributed by atoms with Crippen molar-refractivity contribution in [3.05, 3.63) is 503 Å². The minimum atomic E-state index is -0.162. The summed E-state index contributed by atoms with van der Waals surface area (Å²) >= 11 is 0. The van der Waals surface area contributed by atoms with Crippen LogP contribution < -0.4 is 0 Å². The van der Waals surface area contributed by atoms with E-state index in [4.69, 9.17) is 13.3 Å². The summed E-state index contributed by atoms with van der Waals surface area (Å²) in [7, 11) is 0. The van der Waals surface area contributed by atoms with Crippen molar-refractivity contribution in [3.63, 3.8) is 0 Å². The zero-order chi connectivity index (χ0) is 94.2. The SMILES string of the molecule is CC1(C)c2ccccc2-c2c1cc(-c1c3ccccc3c(-c3ccc4ccccc4c3)c3ccccc13)c1c2oc2ccccc21.c1ccc2cc(-c3c4ccccc4c(-c4ccc(-c5ccc6ccccc6c5)c5oc6ccccc6c45)c4ccccc34)ccc2c1.c1ccc2cc(-c3c4ccccc4c(-c4ccc(-n5c6ccccc6c6ccccc65)c5oc6ccccc6c45)c4ccccc34)ccc2c1. The maximum absolute atomic E-state index is 6.90. The molecule has 0 radical (unpaired) electrons. The Morgan fingerprint density at radius 1 is 0.168 bits per heavy atom. The Hall–Kier alpha value is -18.5. The van der Waals surface area contributed by atoms with Gasteiger partial charge < -0.3 is 17.8 Å². The van der Waals surface area contributed by atoms with Crippen LogP contribution in [-0.2, 0) is 5.41 Å². The number of para-hydroxylation sites is 5. The summed E-state index contributed by atoms with van der Waals surface area (Å²) < 4.78 is 22.9. The molecule has 1 aliphatic rings. The van der Waals surface area contributed by atoms with Gasteiger partial charge >= 0.3 is 0 Å². The van der Waals surface area contributed by atoms with Crippen LogP contribution in [0.3, 0.4) is 0 Å². The highest BCUT2D eigenvalue weighted by atomic mass is 16.3. The van der Waals surface area contributed by atoms with Crippen molar-refractivity contribution < 1.29 is 13.3 Å². The van der Waals surface area contributed by atoms with Gasteiger partial charge in [-0.2, -0.15) is 0 Å². The molecule has 0 fully saturated rings. The Morgan fingerprint density at radius 2 is 0.441 bits per heavy atom. The average molecular weight is 1820 g/mol. The van der Waals surface area contributed by atoms with Gasteiger partial charge in [-0.25, -0.2) is 0 Å². The summed E-state index contributed by atoms with van der Waals surface area (Å²) in [5.41, 5.74) is 31.0. The molecule has 666 valence electrons. The highest BCUT2D eigenvalue weighted by Crippen LogP contribution is 2.59. The zero-order valence-corrected chi connectivity index (χ0v) is 78.4. The van der Waals surface area contributed by atoms with Crippen molar-refractivity contribution >= 4 is 195 Å². The summed E-state index contributed by atoms with van der Waals surface area (Å²) in [5, 5.41) is 34.2. The Kier molecular flexibility index (Phi) is 18.5. The van der Waals surface area contributed by atoms with E-state index in [2.05, 4.69) is 510 Å². The third-order valence-corrected chi connectivity index (χ3v) is 30.8. The number of benzene rings is 26. The molecular weight excluding hydrogens is 1730 g/mol. The van der Waals surface area contributed by atoms with Crippen molar-refractivity contribution in [2.24, 2.45) is 0 Å². The first kappa shape index (κ1) is 81.7. The van der Waals surface area contributed by atoms with Crippen molar-refractivity contribution in [1.82, 2.24) is 4.57 Å². The number of hydrogen-bond acceptors (Lipinski definition) is 3. The lowest BCUT2D eigenvalue weighted by Crippen LogP contribution is -2.15. The quantitative estimate of drug-likeness (QED) is 0.142. The fraction of sp³-hybridized carbons (Fsp3) is 0.0216. The molecule has 143 heavy (non-hydrogen) atoms. The predicted octanol–water partition coefficient (Wildman–Crippen LogP) is 39.4. The van der Waals surface area contributed by atoms with Crippen molar-refractivity contribution in [2.75, 3.05) is 0 Å². The Morgan fingerprint density at radius 3 is 0.839 bits per heavy atom. The van der Waals surface area contributed by atoms with E-state index in [9.17, 15) is 0 Å². The van der Waals surface area contributed by atoms with Crippen LogP contribution in [-0.4, -0.2) is 4.57 Å². The summed E-state index contributed by atoms with van der Waals surface area (Å²) in [6.07, 6.45) is 0. The van der Waals surface area contributed by atoms with E-state index in [0.29, 0.717) is 0 Å². The molecule has 4 nitrogen and oxygen atoms in total. The van der Waals surface area contributed by atoms with Crippen molar-refractivity contribution in [2.45, 2.75) is 19.3 Å². The molecule has 4 heteroatoms. The smallest absolute Gasteiger partial charge is 0.160 e. The largest absolute Gasteiger partial charge is 0.455 e. The lowest BCUT2D eigenvalue weighted by atomic mass is 9.79. The molecule has 4 heterocycles. The maximum atomic E-state index is 6.90. The highest BCUT2D eigenvalue weighted by Gasteiger charge is 2.40. The molecule has 0 saturated heterocycles. The van der Waals surface area contributed by atoms with Crippen LogP contribution in [0.25, 0.3) is 290 Å². The second kappa shape index (κ2) is 32.3. The van der Waals surface area contributed by atoms with E-state index in [1.807, 2.05) is 0 Å². The third-order valence-electron chi connectivity index (χ3n) is 30.8. The lowest BCUT2D eigenvalue weighted by molar-refractivity contribution is 0.653. The molecule has 0 spiro atoms. The van der Waals surface area contributed by atoms with Gasteiger partial charge in [0, 0.05) is 59.6 Å². The number of hydrogen-bond donors (Lipinski definition) is 0. The minimum absolute atomic E-state index is 0.162. The first-order chi connectivity index (χ1) is 70.7. The van der Waals surface area contributed by atoms with E-state index in [1.165, 1.54) is 224 Å². The highest BCUT2D eigenvalue weighted by molar-refractivity contribution is 6.32. The standard InChI is InChI=1S/C48H29NO.C46H28O.C45H30O/c1-2-14-31-29-32(26-25-30(31)13-1)45-35-17-3-5-19-37(35)46(38-20-6-4-18-36(38)45)40-27-28-43(48-47(40)39-21-9-12-24-44(39)50-48)49-41-22-10-7-15-33(41)34-16-8-11-23-42(34)49;1-3-13-31-27-33(23-21-29(31)11-1)35-25-26-41(45-40-19-9-10-20-42(40)47-46(35)45)44-38-17-7-5-15-36(38)43(37-16-6-8-18-39(37)44)34-24-22-30-12-2-4-14-32(30)28-34;1-45(2)37-21-11-9-19-34(37)43-38(45)26-36(42-35-20-10-12-22-39(35)46-44(42)43)41-32-17-7-5-15-30(32)40(31-16-6-8-18-33(31)41)29-24-23-27-13-3-4-14-28(27)25-29/h1-29H;1-28H;3-26H,1-2H3. The molecule has 0 bridgehead atoms. The lowest BCUT2D eigenvalue weighted by Gasteiger charge is -2.23. The molecule has 1 aliphatic carbocycles. The van der Waals surface area contributed by atoms with Gasteiger partial charge in [0.05, 0.1) is 16.7 Å². The number of aromatic nitrogens is 1. The molecule has 0 N–H and O–H groups in total. The van der Waals surface area contributed by atoms with Crippen LogP contribution >= 0.6 is 0 Å². The number of nitrogens with zero attached hydrogens (tertiary/aromatic N) is 1. The van der Waals surface area contributed by atoms with E-state index in [0.717, 1.165) is 77.2 Å². The van der Waals surface area contributed by atoms with Crippen LogP contribution in [0, 0.1) is 0 Å². The van der Waals surface area contributed by atoms with Gasteiger partial charge in [-0.1, -0.05) is 432 Å². The van der Waals surface area contributed by atoms with Gasteiger partial charge in [-0.15, -0.1) is 0 Å². The number of fused-ring (bicyclic) bond motifs is 26. The summed E-state index contributed by atoms with van der Waals surface area (Å²) in [6.45, 7) is 4.71. The number of rotatable bonds is 8. The molecule has 0 aliphatic heterocycles. The Balaban J connectivity index is 0.000000102. The first-order valence-electron chi connectivity index (χ1n) is 49.5. The zero-order valence-electron chi connectivity index (χ0n) is 78.4. The van der Waals surface area contributed by atoms with Crippen LogP contribution in [0.1, 0.15) is 25.0 Å². The fourth-order valence-corrected chi connectivity index (χ4v) is 24.5. The minimum Gasteiger partial charge on any atom is -0.455 e. The molecule has 0 amide bonds. The van der Waals surface area contributed by atoms with E-state index in [-0.39, 0.29) is 5.41 Å². The van der Waals surface area contributed by atoms with Crippen molar-refractivity contribution in [3.8, 4) is 94.7 Å². The van der Waals surface area contributed by atoms with Crippen LogP contribution in [0.15, 0.2) is 505 Å². The second-order valence-electron chi connectivity index (χ2n) is 38.9. The van der Waals surface area contributed by atoms with Gasteiger partial charge in [0.15, 0.2) is 5.58 Å². The second-order valence-corrected chi connectivity index (χ2v) is 38.9. The van der Waals surface area contributed by atoms with Crippen LogP contribution in [0.5, 0.6) is 0 Å². The molecule has 0 saturated carbocycles. The summed E-state index contributed by atoms with van der Waals surface area (Å²) in [4.78, 5) is 0. The van der Waals surface area contributed by atoms with E-state index in [1.54, 1.807) is 0 Å². The monoisotopic (exact) mass is 1820 g/mol. The molecule has 4 aromatic heterocycles. The summed E-state index contributed by atoms with van der Waals surface area (Å²) in [5.74, 6) is 0. The van der Waals surface area contributed by atoms with Crippen LogP contribution in [0.4, 0.5) is 0 Å². The normalized spacial score (nSPS) is 12.5. The van der Waals surface area contributed by atoms with Gasteiger partial charge in [0.1, 0.15) is 27.9 Å².